The van der Waals surface area contributed by atoms with Crippen molar-refractivity contribution in [2.45, 2.75) is 18.7 Å². The van der Waals surface area contributed by atoms with E-state index in [1.807, 2.05) is 6.07 Å². The van der Waals surface area contributed by atoms with E-state index in [0.29, 0.717) is 11.4 Å². The van der Waals surface area contributed by atoms with Crippen molar-refractivity contribution in [3.05, 3.63) is 126 Å². The molecule has 1 radical (unpaired) electrons. The van der Waals surface area contributed by atoms with Crippen LogP contribution in [0.1, 0.15) is 35.0 Å². The second-order valence-electron chi connectivity index (χ2n) is 10.6. The van der Waals surface area contributed by atoms with Crippen molar-refractivity contribution in [1.29, 1.82) is 0 Å². The zero-order valence-electron chi connectivity index (χ0n) is 29.4. The number of benzene rings is 4. The Morgan fingerprint density at radius 1 is 0.604 bits per heavy atom. The molecule has 6 rings (SSSR count). The molecule has 0 aliphatic carbocycles. The Morgan fingerprint density at radius 2 is 0.981 bits per heavy atom. The number of azo groups is 2. The summed E-state index contributed by atoms with van der Waals surface area (Å²) in [6, 6.07) is 25.3. The standard InChI is InChI=1S/C17H14N4O6S.C17H14N4O3.Cr/c1-10-15(19-18-14-5-3-2-4-13(14)17(23)24)16(22)21(20-10)11-6-8-12(9-7-11)28(25,26)27;1-11-15(16(22)21(20-11)12-7-3-2-4-8-12)19-18-14-10-6-5-9-13(14)17(23)24;/h2-9,22H,1H3,(H,23,24)(H,25,26,27);2-10,22H,1H3,(H,23,24);/q;;+3/p-3. The van der Waals surface area contributed by atoms with Crippen molar-refractivity contribution in [2.75, 3.05) is 0 Å². The van der Waals surface area contributed by atoms with Gasteiger partial charge in [0.05, 0.1) is 51.0 Å². The fourth-order valence-corrected chi connectivity index (χ4v) is 5.04. The maximum Gasteiger partial charge on any atom is 3.00 e. The van der Waals surface area contributed by atoms with Gasteiger partial charge < -0.3 is 34.6 Å². The minimum atomic E-state index is -4.61. The van der Waals surface area contributed by atoms with Crippen LogP contribution in [0.15, 0.2) is 128 Å². The first kappa shape index (κ1) is 39.3. The van der Waals surface area contributed by atoms with E-state index >= 15 is 0 Å². The van der Waals surface area contributed by atoms with E-state index in [0.717, 1.165) is 16.8 Å². The molecular weight excluding hydrogens is 748 g/mol. The Bertz CT molecular complexity index is 2460. The average molecular weight is 774 g/mol. The molecule has 0 spiro atoms. The van der Waals surface area contributed by atoms with E-state index in [1.54, 1.807) is 49.4 Å². The molecule has 2 heterocycles. The third-order valence-corrected chi connectivity index (χ3v) is 7.96. The largest absolute Gasteiger partial charge is 3.00 e. The zero-order valence-corrected chi connectivity index (χ0v) is 29.5. The number of carboxylic acids is 2. The SMILES string of the molecule is Cc1nn(-c2ccc(S(=O)(=O)[O-])cc2)c([O-])c1N=Nc1ccccc1C(=O)[O-].Cc1nn(-c2ccccc2)c([O-])c1N=Nc1ccccc1C(=O)[O-].[Cr+3].[H+].[H+]. The first-order valence-electron chi connectivity index (χ1n) is 14.9. The number of rotatable bonds is 9. The van der Waals surface area contributed by atoms with Gasteiger partial charge in [-0.05, 0) is 62.4 Å². The topological polar surface area (TPSA) is 269 Å². The van der Waals surface area contributed by atoms with Crippen molar-refractivity contribution < 1.29 is 63.2 Å². The minimum Gasteiger partial charge on any atom is -0.857 e. The number of nitrogens with zero attached hydrogens (tertiary/aromatic N) is 8. The normalized spacial score (nSPS) is 11.2. The molecule has 0 bridgehead atoms. The summed E-state index contributed by atoms with van der Waals surface area (Å²) < 4.78 is 35.2. The number of aryl methyl sites for hydroxylation is 2. The maximum absolute atomic E-state index is 12.6. The predicted octanol–water partition coefficient (Wildman–Crippen LogP) is 3.19. The number of carbonyl (C=O) groups is 2. The van der Waals surface area contributed by atoms with Gasteiger partial charge in [0.2, 0.25) is 0 Å². The summed E-state index contributed by atoms with van der Waals surface area (Å²) in [6.07, 6.45) is 0. The van der Waals surface area contributed by atoms with Gasteiger partial charge >= 0.3 is 20.2 Å². The van der Waals surface area contributed by atoms with Crippen LogP contribution in [0.2, 0.25) is 0 Å². The summed E-state index contributed by atoms with van der Waals surface area (Å²) >= 11 is 0. The quantitative estimate of drug-likeness (QED) is 0.152. The molecule has 0 saturated heterocycles. The van der Waals surface area contributed by atoms with E-state index < -0.39 is 38.7 Å². The first-order valence-corrected chi connectivity index (χ1v) is 16.3. The fraction of sp³-hybridized carbons (Fsp3) is 0.0588. The fourth-order valence-electron chi connectivity index (χ4n) is 4.57. The monoisotopic (exact) mass is 773 g/mol. The molecule has 0 fully saturated rings. The molecule has 19 heteroatoms. The Hall–Kier alpha value is -6.52. The van der Waals surface area contributed by atoms with Crippen LogP contribution >= 0.6 is 0 Å². The van der Waals surface area contributed by atoms with Crippen molar-refractivity contribution in [1.82, 2.24) is 19.6 Å². The van der Waals surface area contributed by atoms with Gasteiger partial charge in [0.15, 0.2) is 0 Å². The van der Waals surface area contributed by atoms with Gasteiger partial charge in [-0.1, -0.05) is 54.6 Å². The predicted molar refractivity (Wildman–Crippen MR) is 176 cm³/mol. The van der Waals surface area contributed by atoms with Crippen LogP contribution in [-0.4, -0.2) is 44.5 Å². The third-order valence-electron chi connectivity index (χ3n) is 7.11. The average Bonchev–Trinajstić information content (AvgIpc) is 3.58. The van der Waals surface area contributed by atoms with Gasteiger partial charge in [-0.2, -0.15) is 10.2 Å². The molecule has 4 aromatic carbocycles. The number of aromatic carboxylic acids is 2. The van der Waals surface area contributed by atoms with Gasteiger partial charge in [-0.3, -0.25) is 0 Å². The van der Waals surface area contributed by atoms with Gasteiger partial charge in [-0.25, -0.2) is 17.8 Å². The molecule has 0 unspecified atom stereocenters. The molecule has 0 aliphatic heterocycles. The van der Waals surface area contributed by atoms with Crippen LogP contribution in [0.4, 0.5) is 22.7 Å². The van der Waals surface area contributed by atoms with Crippen LogP contribution < -0.4 is 20.4 Å². The number of para-hydroxylation sites is 1. The zero-order chi connectivity index (χ0) is 37.6. The molecule has 0 aliphatic rings. The van der Waals surface area contributed by atoms with Crippen molar-refractivity contribution in [3.63, 3.8) is 0 Å². The molecule has 0 amide bonds. The number of hydrogen-bond acceptors (Lipinski definition) is 15. The van der Waals surface area contributed by atoms with Crippen LogP contribution in [0.3, 0.4) is 0 Å². The number of carbonyl (C=O) groups excluding carboxylic acids is 2. The van der Waals surface area contributed by atoms with Crippen molar-refractivity contribution in [3.8, 4) is 23.1 Å². The van der Waals surface area contributed by atoms with Crippen LogP contribution in [-0.2, 0) is 27.5 Å². The summed E-state index contributed by atoms with van der Waals surface area (Å²) in [4.78, 5) is 21.7. The van der Waals surface area contributed by atoms with Gasteiger partial charge in [0.25, 0.3) is 0 Å². The Morgan fingerprint density at radius 3 is 1.38 bits per heavy atom. The molecule has 6 aromatic rings. The van der Waals surface area contributed by atoms with E-state index in [1.165, 1.54) is 54.1 Å². The summed E-state index contributed by atoms with van der Waals surface area (Å²) in [7, 11) is -4.61. The Labute approximate surface area is 314 Å². The molecule has 0 saturated carbocycles. The van der Waals surface area contributed by atoms with Gasteiger partial charge in [0.1, 0.15) is 21.5 Å². The van der Waals surface area contributed by atoms with Crippen LogP contribution in [0.25, 0.3) is 11.4 Å². The summed E-state index contributed by atoms with van der Waals surface area (Å²) in [5.74, 6) is -3.86. The van der Waals surface area contributed by atoms with E-state index in [9.17, 15) is 43.0 Å². The maximum atomic E-state index is 12.6. The molecule has 2 aromatic heterocycles. The van der Waals surface area contributed by atoms with E-state index in [2.05, 4.69) is 30.7 Å². The first-order chi connectivity index (χ1) is 24.8. The summed E-state index contributed by atoms with van der Waals surface area (Å²) in [5, 5.41) is 70.8. The van der Waals surface area contributed by atoms with E-state index in [-0.39, 0.29) is 65.5 Å². The van der Waals surface area contributed by atoms with Crippen LogP contribution in [0, 0.1) is 13.8 Å². The molecule has 0 atom stereocenters. The van der Waals surface area contributed by atoms with Gasteiger partial charge in [-0.15, -0.1) is 20.5 Å². The molecule has 0 N–H and O–H groups in total. The Kier molecular flexibility index (Phi) is 12.3. The minimum absolute atomic E-state index is 0. The molecular formula is C34H25CrN8O9S. The second-order valence-corrected chi connectivity index (χ2v) is 12.0. The molecule has 267 valence electrons. The Balaban J connectivity index is 0.000000364. The van der Waals surface area contributed by atoms with Crippen molar-refractivity contribution >= 4 is 44.8 Å². The number of hydrogen-bond donors (Lipinski definition) is 0. The smallest absolute Gasteiger partial charge is 0.857 e. The second kappa shape index (κ2) is 16.7. The van der Waals surface area contributed by atoms with Crippen LogP contribution in [0.5, 0.6) is 11.8 Å². The summed E-state index contributed by atoms with van der Waals surface area (Å²) in [5.41, 5.74) is 1.25. The number of aromatic nitrogens is 4. The third kappa shape index (κ3) is 9.05. The summed E-state index contributed by atoms with van der Waals surface area (Å²) in [6.45, 7) is 3.15. The van der Waals surface area contributed by atoms with Crippen molar-refractivity contribution in [2.24, 2.45) is 20.5 Å². The van der Waals surface area contributed by atoms with Gasteiger partial charge in [0, 0.05) is 22.9 Å². The number of carboxylic acid groups (broad SMARTS) is 2. The molecule has 53 heavy (non-hydrogen) atoms. The van der Waals surface area contributed by atoms with E-state index in [4.69, 9.17) is 0 Å². The molecule has 17 nitrogen and oxygen atoms in total.